The zero-order valence-corrected chi connectivity index (χ0v) is 10.5. The summed E-state index contributed by atoms with van der Waals surface area (Å²) in [7, 11) is 1.43. The summed E-state index contributed by atoms with van der Waals surface area (Å²) >= 11 is 1.05. The van der Waals surface area contributed by atoms with Crippen molar-refractivity contribution in [3.63, 3.8) is 0 Å². The Kier molecular flexibility index (Phi) is 3.52. The number of carbonyl (C=O) groups excluding carboxylic acids is 1. The predicted octanol–water partition coefficient (Wildman–Crippen LogP) is 2.25. The summed E-state index contributed by atoms with van der Waals surface area (Å²) in [4.78, 5) is 15.8. The first-order valence-electron chi connectivity index (χ1n) is 5.05. The second kappa shape index (κ2) is 5.09. The summed E-state index contributed by atoms with van der Waals surface area (Å²) in [5.41, 5.74) is -0.0661. The minimum Gasteiger partial charge on any atom is -0.497 e. The number of amides is 1. The van der Waals surface area contributed by atoms with Crippen molar-refractivity contribution >= 4 is 22.6 Å². The number of halogens is 1. The summed E-state index contributed by atoms with van der Waals surface area (Å²) in [5, 5.41) is 2.82. The molecule has 0 spiro atoms. The van der Waals surface area contributed by atoms with E-state index in [4.69, 9.17) is 4.74 Å². The third-order valence-corrected chi connectivity index (χ3v) is 2.89. The van der Waals surface area contributed by atoms with Gasteiger partial charge in [0.1, 0.15) is 17.4 Å². The first-order chi connectivity index (χ1) is 8.60. The van der Waals surface area contributed by atoms with Crippen molar-refractivity contribution in [3.05, 3.63) is 35.4 Å². The number of anilines is 1. The summed E-state index contributed by atoms with van der Waals surface area (Å²) in [6, 6.07) is 4.03. The van der Waals surface area contributed by atoms with Crippen molar-refractivity contribution in [1.82, 2.24) is 9.36 Å². The highest BCUT2D eigenvalue weighted by atomic mass is 32.1. The molecule has 0 aliphatic heterocycles. The van der Waals surface area contributed by atoms with Crippen LogP contribution >= 0.6 is 11.5 Å². The van der Waals surface area contributed by atoms with Gasteiger partial charge in [-0.2, -0.15) is 4.37 Å². The molecule has 0 unspecified atom stereocenters. The normalized spacial score (nSPS) is 10.2. The van der Waals surface area contributed by atoms with Crippen LogP contribution < -0.4 is 10.1 Å². The molecule has 1 heterocycles. The molecule has 2 rings (SSSR count). The number of ether oxygens (including phenoxy) is 1. The molecular weight excluding hydrogens is 257 g/mol. The number of hydrogen-bond acceptors (Lipinski definition) is 5. The Morgan fingerprint density at radius 2 is 2.28 bits per heavy atom. The van der Waals surface area contributed by atoms with Gasteiger partial charge >= 0.3 is 0 Å². The number of nitrogens with zero attached hydrogens (tertiary/aromatic N) is 2. The first-order valence-corrected chi connectivity index (χ1v) is 5.82. The van der Waals surface area contributed by atoms with Crippen LogP contribution in [0, 0.1) is 12.7 Å². The number of benzene rings is 1. The Labute approximate surface area is 107 Å². The maximum absolute atomic E-state index is 13.6. The van der Waals surface area contributed by atoms with Crippen LogP contribution in [0.25, 0.3) is 0 Å². The van der Waals surface area contributed by atoms with Gasteiger partial charge in [-0.15, -0.1) is 0 Å². The molecule has 0 saturated carbocycles. The van der Waals surface area contributed by atoms with Crippen LogP contribution in [0.3, 0.4) is 0 Å². The Morgan fingerprint density at radius 3 is 2.83 bits per heavy atom. The summed E-state index contributed by atoms with van der Waals surface area (Å²) in [6.07, 6.45) is 0. The third kappa shape index (κ3) is 2.62. The molecule has 5 nitrogen and oxygen atoms in total. The minimum atomic E-state index is -0.645. The van der Waals surface area contributed by atoms with E-state index in [0.29, 0.717) is 16.7 Å². The maximum Gasteiger partial charge on any atom is 0.260 e. The fraction of sp³-hybridized carbons (Fsp3) is 0.182. The fourth-order valence-electron chi connectivity index (χ4n) is 1.32. The van der Waals surface area contributed by atoms with Crippen molar-refractivity contribution in [1.29, 1.82) is 0 Å². The van der Waals surface area contributed by atoms with E-state index in [0.717, 1.165) is 17.6 Å². The number of hydrogen-bond donors (Lipinski definition) is 1. The molecule has 1 amide bonds. The van der Waals surface area contributed by atoms with Gasteiger partial charge in [0.05, 0.1) is 12.7 Å². The van der Waals surface area contributed by atoms with Crippen LogP contribution in [-0.4, -0.2) is 22.4 Å². The van der Waals surface area contributed by atoms with Crippen LogP contribution in [0.4, 0.5) is 9.52 Å². The van der Waals surface area contributed by atoms with Crippen molar-refractivity contribution in [2.45, 2.75) is 6.92 Å². The van der Waals surface area contributed by atoms with Crippen LogP contribution in [0.15, 0.2) is 18.2 Å². The van der Waals surface area contributed by atoms with Gasteiger partial charge < -0.3 is 4.74 Å². The largest absolute Gasteiger partial charge is 0.497 e. The van der Waals surface area contributed by atoms with Gasteiger partial charge in [0, 0.05) is 17.6 Å². The van der Waals surface area contributed by atoms with E-state index in [2.05, 4.69) is 14.7 Å². The zero-order chi connectivity index (χ0) is 13.1. The topological polar surface area (TPSA) is 64.1 Å². The predicted molar refractivity (Wildman–Crippen MR) is 65.6 cm³/mol. The van der Waals surface area contributed by atoms with Gasteiger partial charge in [-0.25, -0.2) is 9.37 Å². The van der Waals surface area contributed by atoms with Crippen molar-refractivity contribution in [2.24, 2.45) is 0 Å². The number of carbonyl (C=O) groups is 1. The first kappa shape index (κ1) is 12.4. The van der Waals surface area contributed by atoms with E-state index in [1.807, 2.05) is 0 Å². The third-order valence-electron chi connectivity index (χ3n) is 2.17. The van der Waals surface area contributed by atoms with Gasteiger partial charge in [-0.1, -0.05) is 0 Å². The molecule has 0 bridgehead atoms. The zero-order valence-electron chi connectivity index (χ0n) is 9.73. The molecule has 18 heavy (non-hydrogen) atoms. The lowest BCUT2D eigenvalue weighted by Crippen LogP contribution is -2.13. The van der Waals surface area contributed by atoms with Crippen LogP contribution in [0.2, 0.25) is 0 Å². The molecule has 0 aliphatic rings. The second-order valence-corrected chi connectivity index (χ2v) is 4.20. The van der Waals surface area contributed by atoms with Gasteiger partial charge in [-0.05, 0) is 19.1 Å². The van der Waals surface area contributed by atoms with Crippen LogP contribution in [0.5, 0.6) is 5.75 Å². The monoisotopic (exact) mass is 267 g/mol. The molecule has 1 N–H and O–H groups in total. The Hall–Kier alpha value is -2.02. The van der Waals surface area contributed by atoms with E-state index in [-0.39, 0.29) is 5.56 Å². The number of aryl methyl sites for hydroxylation is 1. The molecule has 0 fully saturated rings. The molecule has 1 aromatic heterocycles. The minimum absolute atomic E-state index is 0.0661. The lowest BCUT2D eigenvalue weighted by atomic mass is 10.2. The SMILES string of the molecule is COc1ccc(C(=O)Nc2nc(C)ns2)c(F)c1. The van der Waals surface area contributed by atoms with Gasteiger partial charge in [0.15, 0.2) is 0 Å². The molecule has 0 saturated heterocycles. The smallest absolute Gasteiger partial charge is 0.260 e. The molecule has 0 atom stereocenters. The van der Waals surface area contributed by atoms with E-state index in [9.17, 15) is 9.18 Å². The summed E-state index contributed by atoms with van der Waals surface area (Å²) in [5.74, 6) is -0.291. The summed E-state index contributed by atoms with van der Waals surface area (Å²) in [6.45, 7) is 1.71. The molecule has 94 valence electrons. The highest BCUT2D eigenvalue weighted by Crippen LogP contribution is 2.18. The Bertz CT molecular complexity index is 585. The molecule has 2 aromatic rings. The quantitative estimate of drug-likeness (QED) is 0.926. The van der Waals surface area contributed by atoms with Crippen molar-refractivity contribution in [3.8, 4) is 5.75 Å². The number of methoxy groups -OCH3 is 1. The van der Waals surface area contributed by atoms with E-state index in [1.165, 1.54) is 19.2 Å². The fourth-order valence-corrected chi connectivity index (χ4v) is 1.89. The number of nitrogens with one attached hydrogen (secondary N) is 1. The second-order valence-electron chi connectivity index (χ2n) is 3.45. The van der Waals surface area contributed by atoms with E-state index < -0.39 is 11.7 Å². The lowest BCUT2D eigenvalue weighted by molar-refractivity contribution is 0.102. The molecule has 0 aliphatic carbocycles. The number of aromatic nitrogens is 2. The average molecular weight is 267 g/mol. The molecule has 0 radical (unpaired) electrons. The lowest BCUT2D eigenvalue weighted by Gasteiger charge is -2.04. The number of rotatable bonds is 3. The van der Waals surface area contributed by atoms with Crippen molar-refractivity contribution < 1.29 is 13.9 Å². The van der Waals surface area contributed by atoms with Gasteiger partial charge in [0.25, 0.3) is 5.91 Å². The van der Waals surface area contributed by atoms with Gasteiger partial charge in [-0.3, -0.25) is 10.1 Å². The average Bonchev–Trinajstić information content (AvgIpc) is 2.74. The maximum atomic E-state index is 13.6. The van der Waals surface area contributed by atoms with Crippen molar-refractivity contribution in [2.75, 3.05) is 12.4 Å². The Balaban J connectivity index is 2.18. The standard InChI is InChI=1S/C11H10FN3O2S/c1-6-13-11(18-15-6)14-10(16)8-4-3-7(17-2)5-9(8)12/h3-5H,1-2H3,(H,13,14,15,16). The highest BCUT2D eigenvalue weighted by molar-refractivity contribution is 7.09. The van der Waals surface area contributed by atoms with E-state index >= 15 is 0 Å². The summed E-state index contributed by atoms with van der Waals surface area (Å²) < 4.78 is 22.4. The highest BCUT2D eigenvalue weighted by Gasteiger charge is 2.14. The van der Waals surface area contributed by atoms with Gasteiger partial charge in [0.2, 0.25) is 5.13 Å². The van der Waals surface area contributed by atoms with E-state index in [1.54, 1.807) is 6.92 Å². The molecule has 1 aromatic carbocycles. The molecule has 7 heteroatoms. The van der Waals surface area contributed by atoms with Crippen LogP contribution in [-0.2, 0) is 0 Å². The molecular formula is C11H10FN3O2S. The Morgan fingerprint density at radius 1 is 1.50 bits per heavy atom. The van der Waals surface area contributed by atoms with Crippen LogP contribution in [0.1, 0.15) is 16.2 Å².